The fourth-order valence-corrected chi connectivity index (χ4v) is 5.73. The van der Waals surface area contributed by atoms with Gasteiger partial charge in [-0.2, -0.15) is 4.31 Å². The molecule has 1 aliphatic heterocycles. The van der Waals surface area contributed by atoms with Crippen LogP contribution in [-0.4, -0.2) is 37.6 Å². The molecule has 0 aromatic heterocycles. The van der Waals surface area contributed by atoms with Crippen LogP contribution < -0.4 is 10.9 Å². The van der Waals surface area contributed by atoms with Crippen LogP contribution >= 0.6 is 0 Å². The quantitative estimate of drug-likeness (QED) is 0.662. The molecule has 1 saturated carbocycles. The Morgan fingerprint density at radius 2 is 1.72 bits per heavy atom. The molecule has 1 aliphatic carbocycles. The summed E-state index contributed by atoms with van der Waals surface area (Å²) in [5.74, 6) is -0.0226. The van der Waals surface area contributed by atoms with Gasteiger partial charge in [-0.15, -0.1) is 0 Å². The number of amides is 2. The van der Waals surface area contributed by atoms with Crippen LogP contribution in [0, 0.1) is 5.92 Å². The highest BCUT2D eigenvalue weighted by Gasteiger charge is 2.27. The zero-order valence-corrected chi connectivity index (χ0v) is 17.7. The highest BCUT2D eigenvalue weighted by molar-refractivity contribution is 7.89. The van der Waals surface area contributed by atoms with Gasteiger partial charge in [0.25, 0.3) is 5.91 Å². The Morgan fingerprint density at radius 3 is 2.45 bits per heavy atom. The fraction of sp³-hybridized carbons (Fsp3) is 0.619. The number of benzene rings is 1. The summed E-state index contributed by atoms with van der Waals surface area (Å²) < 4.78 is 26.7. The minimum atomic E-state index is -3.58. The van der Waals surface area contributed by atoms with E-state index < -0.39 is 15.9 Å². The van der Waals surface area contributed by atoms with Gasteiger partial charge in [-0.1, -0.05) is 38.2 Å². The van der Waals surface area contributed by atoms with Crippen LogP contribution in [-0.2, 0) is 14.8 Å². The molecule has 0 unspecified atom stereocenters. The summed E-state index contributed by atoms with van der Waals surface area (Å²) >= 11 is 0. The van der Waals surface area contributed by atoms with Crippen molar-refractivity contribution in [3.05, 3.63) is 29.8 Å². The number of sulfonamides is 1. The van der Waals surface area contributed by atoms with Crippen molar-refractivity contribution in [3.8, 4) is 0 Å². The van der Waals surface area contributed by atoms with E-state index in [-0.39, 0.29) is 16.4 Å². The van der Waals surface area contributed by atoms with Gasteiger partial charge in [-0.3, -0.25) is 20.4 Å². The van der Waals surface area contributed by atoms with Gasteiger partial charge in [0.15, 0.2) is 0 Å². The standard InChI is InChI=1S/C21H31N3O4S/c25-20(13-6-10-17-8-2-1-3-9-17)22-23-21(26)18-11-7-12-19(16-18)29(27,28)24-14-4-5-15-24/h7,11-12,16-17H,1-6,8-10,13-15H2,(H,22,25)(H,23,26). The van der Waals surface area contributed by atoms with Crippen LogP contribution in [0.4, 0.5) is 0 Å². The van der Waals surface area contributed by atoms with Gasteiger partial charge in [0.05, 0.1) is 4.90 Å². The number of carbonyl (C=O) groups is 2. The van der Waals surface area contributed by atoms with Crippen molar-refractivity contribution < 1.29 is 18.0 Å². The summed E-state index contributed by atoms with van der Waals surface area (Å²) in [6, 6.07) is 5.93. The maximum absolute atomic E-state index is 12.6. The topological polar surface area (TPSA) is 95.6 Å². The minimum Gasteiger partial charge on any atom is -0.273 e. The molecule has 1 saturated heterocycles. The Bertz CT molecular complexity index is 813. The molecule has 1 aromatic rings. The summed E-state index contributed by atoms with van der Waals surface area (Å²) in [5, 5.41) is 0. The molecule has 2 fully saturated rings. The molecule has 0 spiro atoms. The molecule has 8 heteroatoms. The second-order valence-electron chi connectivity index (χ2n) is 8.04. The van der Waals surface area contributed by atoms with Crippen molar-refractivity contribution in [1.82, 2.24) is 15.2 Å². The lowest BCUT2D eigenvalue weighted by Gasteiger charge is -2.21. The van der Waals surface area contributed by atoms with Crippen molar-refractivity contribution in [2.45, 2.75) is 69.1 Å². The minimum absolute atomic E-state index is 0.103. The van der Waals surface area contributed by atoms with Crippen molar-refractivity contribution in [2.75, 3.05) is 13.1 Å². The predicted molar refractivity (Wildman–Crippen MR) is 110 cm³/mol. The normalized spacial score (nSPS) is 18.5. The average Bonchev–Trinajstić information content (AvgIpc) is 3.29. The van der Waals surface area contributed by atoms with Crippen LogP contribution in [0.15, 0.2) is 29.2 Å². The fourth-order valence-electron chi connectivity index (χ4n) is 4.16. The Kier molecular flexibility index (Phi) is 7.66. The molecule has 0 atom stereocenters. The van der Waals surface area contributed by atoms with Crippen LogP contribution in [0.5, 0.6) is 0 Å². The first-order valence-corrected chi connectivity index (χ1v) is 12.1. The predicted octanol–water partition coefficient (Wildman–Crippen LogP) is 2.98. The van der Waals surface area contributed by atoms with Gasteiger partial charge >= 0.3 is 0 Å². The third kappa shape index (κ3) is 6.02. The Hall–Kier alpha value is -1.93. The number of hydrazine groups is 1. The van der Waals surface area contributed by atoms with Gasteiger partial charge in [0, 0.05) is 25.1 Å². The van der Waals surface area contributed by atoms with Crippen LogP contribution in [0.25, 0.3) is 0 Å². The first kappa shape index (κ1) is 21.8. The van der Waals surface area contributed by atoms with E-state index in [2.05, 4.69) is 10.9 Å². The van der Waals surface area contributed by atoms with Crippen molar-refractivity contribution >= 4 is 21.8 Å². The summed E-state index contributed by atoms with van der Waals surface area (Å²) in [4.78, 5) is 24.4. The second kappa shape index (κ2) is 10.2. The van der Waals surface area contributed by atoms with Crippen molar-refractivity contribution in [3.63, 3.8) is 0 Å². The monoisotopic (exact) mass is 421 g/mol. The van der Waals surface area contributed by atoms with Crippen molar-refractivity contribution in [1.29, 1.82) is 0 Å². The SMILES string of the molecule is O=C(CCCC1CCCCC1)NNC(=O)c1cccc(S(=O)(=O)N2CCCC2)c1. The lowest BCUT2D eigenvalue weighted by atomic mass is 9.86. The number of carbonyl (C=O) groups excluding carboxylic acids is 2. The van der Waals surface area contributed by atoms with E-state index in [0.717, 1.165) is 31.6 Å². The molecule has 3 rings (SSSR count). The molecular formula is C21H31N3O4S. The van der Waals surface area contributed by atoms with E-state index in [4.69, 9.17) is 0 Å². The molecule has 29 heavy (non-hydrogen) atoms. The maximum Gasteiger partial charge on any atom is 0.269 e. The molecular weight excluding hydrogens is 390 g/mol. The van der Waals surface area contributed by atoms with Crippen LogP contribution in [0.3, 0.4) is 0 Å². The molecule has 160 valence electrons. The first-order valence-electron chi connectivity index (χ1n) is 10.7. The number of rotatable bonds is 7. The molecule has 7 nitrogen and oxygen atoms in total. The Morgan fingerprint density at radius 1 is 1.00 bits per heavy atom. The number of nitrogens with one attached hydrogen (secondary N) is 2. The zero-order chi connectivity index (χ0) is 20.7. The van der Waals surface area contributed by atoms with Crippen LogP contribution in [0.1, 0.15) is 74.6 Å². The van der Waals surface area contributed by atoms with E-state index in [0.29, 0.717) is 19.5 Å². The Balaban J connectivity index is 1.47. The smallest absolute Gasteiger partial charge is 0.269 e. The summed E-state index contributed by atoms with van der Waals surface area (Å²) in [6.45, 7) is 1.02. The van der Waals surface area contributed by atoms with E-state index in [1.807, 2.05) is 0 Å². The molecule has 0 bridgehead atoms. The molecule has 2 aliphatic rings. The average molecular weight is 422 g/mol. The third-order valence-corrected chi connectivity index (χ3v) is 7.75. The molecule has 1 heterocycles. The molecule has 1 aromatic carbocycles. The lowest BCUT2D eigenvalue weighted by molar-refractivity contribution is -0.122. The summed E-state index contributed by atoms with van der Waals surface area (Å²) in [5.41, 5.74) is 5.02. The molecule has 2 N–H and O–H groups in total. The number of hydrogen-bond acceptors (Lipinski definition) is 4. The lowest BCUT2D eigenvalue weighted by Crippen LogP contribution is -2.41. The number of nitrogens with zero attached hydrogens (tertiary/aromatic N) is 1. The third-order valence-electron chi connectivity index (χ3n) is 5.86. The highest BCUT2D eigenvalue weighted by Crippen LogP contribution is 2.27. The van der Waals surface area contributed by atoms with Gasteiger partial charge in [-0.25, -0.2) is 8.42 Å². The van der Waals surface area contributed by atoms with Crippen molar-refractivity contribution in [2.24, 2.45) is 5.92 Å². The summed E-state index contributed by atoms with van der Waals surface area (Å²) in [7, 11) is -3.58. The van der Waals surface area contributed by atoms with Gasteiger partial charge in [-0.05, 0) is 49.8 Å². The van der Waals surface area contributed by atoms with Crippen LogP contribution in [0.2, 0.25) is 0 Å². The number of hydrogen-bond donors (Lipinski definition) is 2. The van der Waals surface area contributed by atoms with E-state index in [1.165, 1.54) is 54.6 Å². The summed E-state index contributed by atoms with van der Waals surface area (Å²) in [6.07, 6.45) is 10.4. The van der Waals surface area contributed by atoms with Gasteiger partial charge in [0.1, 0.15) is 0 Å². The van der Waals surface area contributed by atoms with Gasteiger partial charge < -0.3 is 0 Å². The van der Waals surface area contributed by atoms with E-state index >= 15 is 0 Å². The maximum atomic E-state index is 12.6. The van der Waals surface area contributed by atoms with Gasteiger partial charge in [0.2, 0.25) is 15.9 Å². The first-order chi connectivity index (χ1) is 14.0. The van der Waals surface area contributed by atoms with E-state index in [9.17, 15) is 18.0 Å². The second-order valence-corrected chi connectivity index (χ2v) is 9.98. The zero-order valence-electron chi connectivity index (χ0n) is 16.9. The Labute approximate surface area is 173 Å². The van der Waals surface area contributed by atoms with E-state index in [1.54, 1.807) is 6.07 Å². The molecule has 2 amide bonds. The highest BCUT2D eigenvalue weighted by atomic mass is 32.2. The largest absolute Gasteiger partial charge is 0.273 e. The molecule has 0 radical (unpaired) electrons.